The van der Waals surface area contributed by atoms with E-state index >= 15 is 0 Å². The average Bonchev–Trinajstić information content (AvgIpc) is 3.52. The Bertz CT molecular complexity index is 1210. The SMILES string of the molecule is CS(=O)(=O)c1nc(N2CCC(COCCN3CCCC3)CC2)c2c(-c3ccccc3)coc2n1. The second kappa shape index (κ2) is 10.0. The molecule has 4 heterocycles. The van der Waals surface area contributed by atoms with E-state index in [9.17, 15) is 8.42 Å². The van der Waals surface area contributed by atoms with Crippen molar-refractivity contribution >= 4 is 26.8 Å². The quantitative estimate of drug-likeness (QED) is 0.354. The molecule has 2 aliphatic rings. The topological polar surface area (TPSA) is 88.8 Å². The molecular weight excluding hydrogens is 452 g/mol. The molecule has 2 aromatic heterocycles. The predicted octanol–water partition coefficient (Wildman–Crippen LogP) is 3.62. The monoisotopic (exact) mass is 484 g/mol. The Hall–Kier alpha value is -2.49. The lowest BCUT2D eigenvalue weighted by Crippen LogP contribution is -2.36. The zero-order valence-electron chi connectivity index (χ0n) is 19.6. The number of hydrogen-bond donors (Lipinski definition) is 0. The first-order valence-electron chi connectivity index (χ1n) is 12.1. The van der Waals surface area contributed by atoms with Crippen LogP contribution in [0.15, 0.2) is 46.2 Å². The van der Waals surface area contributed by atoms with Crippen LogP contribution in [0.1, 0.15) is 25.7 Å². The highest BCUT2D eigenvalue weighted by molar-refractivity contribution is 7.90. The number of furan rings is 1. The summed E-state index contributed by atoms with van der Waals surface area (Å²) in [6.07, 6.45) is 7.33. The standard InChI is InChI=1S/C25H32N4O4S/c1-34(30,31)25-26-23(22-21(18-33-24(22)27-25)20-7-3-2-4-8-20)29-13-9-19(10-14-29)17-32-16-15-28-11-5-6-12-28/h2-4,7-8,18-19H,5-6,9-17H2,1H3. The van der Waals surface area contributed by atoms with Gasteiger partial charge in [-0.25, -0.2) is 13.4 Å². The lowest BCUT2D eigenvalue weighted by molar-refractivity contribution is 0.0753. The van der Waals surface area contributed by atoms with Crippen LogP contribution in [-0.4, -0.2) is 75.5 Å². The molecule has 3 aromatic rings. The molecule has 0 spiro atoms. The number of hydrogen-bond acceptors (Lipinski definition) is 8. The molecule has 8 nitrogen and oxygen atoms in total. The van der Waals surface area contributed by atoms with Crippen molar-refractivity contribution in [3.63, 3.8) is 0 Å². The number of benzene rings is 1. The third kappa shape index (κ3) is 5.11. The summed E-state index contributed by atoms with van der Waals surface area (Å²) in [5.41, 5.74) is 2.16. The molecule has 2 fully saturated rings. The van der Waals surface area contributed by atoms with Gasteiger partial charge in [0.05, 0.1) is 12.0 Å². The highest BCUT2D eigenvalue weighted by atomic mass is 32.2. The molecular formula is C25H32N4O4S. The van der Waals surface area contributed by atoms with Crippen LogP contribution >= 0.6 is 0 Å². The lowest BCUT2D eigenvalue weighted by Gasteiger charge is -2.33. The summed E-state index contributed by atoms with van der Waals surface area (Å²) in [6, 6.07) is 9.90. The van der Waals surface area contributed by atoms with Crippen molar-refractivity contribution in [3.05, 3.63) is 36.6 Å². The van der Waals surface area contributed by atoms with E-state index in [-0.39, 0.29) is 5.16 Å². The van der Waals surface area contributed by atoms with Gasteiger partial charge in [0, 0.05) is 38.1 Å². The van der Waals surface area contributed by atoms with E-state index in [0.717, 1.165) is 68.5 Å². The molecule has 182 valence electrons. The molecule has 5 rings (SSSR count). The number of ether oxygens (including phenoxy) is 1. The highest BCUT2D eigenvalue weighted by Gasteiger charge is 2.27. The maximum absolute atomic E-state index is 12.3. The van der Waals surface area contributed by atoms with Crippen LogP contribution in [0.5, 0.6) is 0 Å². The van der Waals surface area contributed by atoms with Crippen molar-refractivity contribution in [1.82, 2.24) is 14.9 Å². The number of fused-ring (bicyclic) bond motifs is 1. The Balaban J connectivity index is 1.32. The summed E-state index contributed by atoms with van der Waals surface area (Å²) in [5, 5.41) is 0.565. The Labute approximate surface area is 200 Å². The number of likely N-dealkylation sites (tertiary alicyclic amines) is 1. The molecule has 0 bridgehead atoms. The molecule has 0 atom stereocenters. The van der Waals surface area contributed by atoms with Gasteiger partial charge in [0.25, 0.3) is 5.16 Å². The number of anilines is 1. The highest BCUT2D eigenvalue weighted by Crippen LogP contribution is 2.37. The van der Waals surface area contributed by atoms with Crippen LogP contribution in [0.4, 0.5) is 5.82 Å². The number of rotatable bonds is 8. The van der Waals surface area contributed by atoms with Crippen molar-refractivity contribution in [2.24, 2.45) is 5.92 Å². The second-order valence-corrected chi connectivity index (χ2v) is 11.3. The third-order valence-corrected chi connectivity index (χ3v) is 7.67. The Morgan fingerprint density at radius 3 is 2.50 bits per heavy atom. The van der Waals surface area contributed by atoms with Gasteiger partial charge in [-0.3, -0.25) is 0 Å². The minimum absolute atomic E-state index is 0.198. The summed E-state index contributed by atoms with van der Waals surface area (Å²) in [5.74, 6) is 1.13. The van der Waals surface area contributed by atoms with Crippen LogP contribution in [0, 0.1) is 5.92 Å². The van der Waals surface area contributed by atoms with Gasteiger partial charge < -0.3 is 19.0 Å². The van der Waals surface area contributed by atoms with E-state index in [0.29, 0.717) is 17.4 Å². The van der Waals surface area contributed by atoms with Crippen molar-refractivity contribution < 1.29 is 17.6 Å². The first-order chi connectivity index (χ1) is 16.5. The zero-order chi connectivity index (χ0) is 23.5. The number of nitrogens with zero attached hydrogens (tertiary/aromatic N) is 4. The van der Waals surface area contributed by atoms with Crippen molar-refractivity contribution in [2.75, 3.05) is 57.1 Å². The summed E-state index contributed by atoms with van der Waals surface area (Å²) in [7, 11) is -3.58. The molecule has 0 radical (unpaired) electrons. The van der Waals surface area contributed by atoms with Gasteiger partial charge in [0.2, 0.25) is 15.6 Å². The molecule has 0 amide bonds. The van der Waals surface area contributed by atoms with Gasteiger partial charge in [-0.05, 0) is 50.3 Å². The summed E-state index contributed by atoms with van der Waals surface area (Å²) in [4.78, 5) is 13.4. The number of sulfone groups is 1. The van der Waals surface area contributed by atoms with Crippen LogP contribution in [-0.2, 0) is 14.6 Å². The van der Waals surface area contributed by atoms with Gasteiger partial charge in [-0.1, -0.05) is 30.3 Å². The summed E-state index contributed by atoms with van der Waals surface area (Å²) >= 11 is 0. The molecule has 2 saturated heterocycles. The van der Waals surface area contributed by atoms with Gasteiger partial charge in [0.15, 0.2) is 0 Å². The third-order valence-electron chi connectivity index (χ3n) is 6.83. The average molecular weight is 485 g/mol. The van der Waals surface area contributed by atoms with Crippen LogP contribution in [0.25, 0.3) is 22.2 Å². The van der Waals surface area contributed by atoms with Crippen molar-refractivity contribution in [3.8, 4) is 11.1 Å². The minimum Gasteiger partial charge on any atom is -0.445 e. The van der Waals surface area contributed by atoms with Crippen LogP contribution in [0.2, 0.25) is 0 Å². The fourth-order valence-corrected chi connectivity index (χ4v) is 5.39. The van der Waals surface area contributed by atoms with E-state index in [1.165, 1.54) is 25.9 Å². The molecule has 0 saturated carbocycles. The van der Waals surface area contributed by atoms with E-state index in [4.69, 9.17) is 9.15 Å². The Kier molecular flexibility index (Phi) is 6.85. The van der Waals surface area contributed by atoms with Crippen LogP contribution < -0.4 is 4.90 Å². The van der Waals surface area contributed by atoms with Crippen molar-refractivity contribution in [2.45, 2.75) is 30.8 Å². The van der Waals surface area contributed by atoms with Gasteiger partial charge in [0.1, 0.15) is 12.1 Å². The first-order valence-corrected chi connectivity index (χ1v) is 14.0. The minimum atomic E-state index is -3.58. The van der Waals surface area contributed by atoms with Gasteiger partial charge in [-0.2, -0.15) is 4.98 Å². The first kappa shape index (κ1) is 23.3. The largest absolute Gasteiger partial charge is 0.445 e. The molecule has 0 N–H and O–H groups in total. The fourth-order valence-electron chi connectivity index (χ4n) is 4.89. The van der Waals surface area contributed by atoms with Crippen LogP contribution in [0.3, 0.4) is 0 Å². The summed E-state index contributed by atoms with van der Waals surface area (Å²) < 4.78 is 36.3. The maximum Gasteiger partial charge on any atom is 0.252 e. The maximum atomic E-state index is 12.3. The predicted molar refractivity (Wildman–Crippen MR) is 132 cm³/mol. The lowest BCUT2D eigenvalue weighted by atomic mass is 9.97. The normalized spacial score (nSPS) is 18.2. The van der Waals surface area contributed by atoms with Crippen molar-refractivity contribution in [1.29, 1.82) is 0 Å². The fraction of sp³-hybridized carbons (Fsp3) is 0.520. The Morgan fingerprint density at radius 2 is 1.79 bits per heavy atom. The molecule has 1 aromatic carbocycles. The molecule has 34 heavy (non-hydrogen) atoms. The number of aromatic nitrogens is 2. The van der Waals surface area contributed by atoms with Gasteiger partial charge in [-0.15, -0.1) is 0 Å². The van der Waals surface area contributed by atoms with E-state index < -0.39 is 9.84 Å². The summed E-state index contributed by atoms with van der Waals surface area (Å²) in [6.45, 7) is 6.56. The smallest absolute Gasteiger partial charge is 0.252 e. The molecule has 9 heteroatoms. The van der Waals surface area contributed by atoms with E-state index in [1.54, 1.807) is 6.26 Å². The zero-order valence-corrected chi connectivity index (χ0v) is 20.5. The Morgan fingerprint density at radius 1 is 1.06 bits per heavy atom. The number of piperidine rings is 1. The second-order valence-electron chi connectivity index (χ2n) is 9.35. The van der Waals surface area contributed by atoms with E-state index in [1.807, 2.05) is 30.3 Å². The van der Waals surface area contributed by atoms with E-state index in [2.05, 4.69) is 19.8 Å². The van der Waals surface area contributed by atoms with Gasteiger partial charge >= 0.3 is 0 Å². The molecule has 0 aliphatic carbocycles. The molecule has 0 unspecified atom stereocenters. The molecule has 2 aliphatic heterocycles.